The Labute approximate surface area is 120 Å². The van der Waals surface area contributed by atoms with Gasteiger partial charge in [0.2, 0.25) is 0 Å². The summed E-state index contributed by atoms with van der Waals surface area (Å²) >= 11 is 6.01. The van der Waals surface area contributed by atoms with Crippen LogP contribution in [0.15, 0.2) is 22.9 Å². The van der Waals surface area contributed by atoms with E-state index in [9.17, 15) is 4.79 Å². The van der Waals surface area contributed by atoms with Gasteiger partial charge in [0, 0.05) is 23.5 Å². The van der Waals surface area contributed by atoms with Gasteiger partial charge < -0.3 is 15.1 Å². The Bertz CT molecular complexity index is 684. The van der Waals surface area contributed by atoms with Gasteiger partial charge in [-0.1, -0.05) is 11.6 Å². The minimum atomic E-state index is -0.150. The average Bonchev–Trinajstić information content (AvgIpc) is 3.15. The number of carbonyl (C=O) groups is 1. The molecular weight excluding hydrogens is 278 g/mol. The topological polar surface area (TPSA) is 67.2 Å². The minimum absolute atomic E-state index is 0.150. The summed E-state index contributed by atoms with van der Waals surface area (Å²) in [6.45, 7) is 0. The van der Waals surface area contributed by atoms with Crippen molar-refractivity contribution in [1.29, 1.82) is 0 Å². The van der Waals surface area contributed by atoms with Crippen molar-refractivity contribution in [2.75, 3.05) is 0 Å². The molecule has 2 bridgehead atoms. The number of aromatic nitrogens is 1. The van der Waals surface area contributed by atoms with E-state index in [0.29, 0.717) is 28.4 Å². The van der Waals surface area contributed by atoms with Crippen LogP contribution in [0.3, 0.4) is 0 Å². The summed E-state index contributed by atoms with van der Waals surface area (Å²) in [5.41, 5.74) is 0.969. The smallest absolute Gasteiger partial charge is 0.270 e. The number of rotatable bonds is 2. The Hall–Kier alpha value is -1.59. The van der Waals surface area contributed by atoms with E-state index >= 15 is 0 Å². The summed E-state index contributed by atoms with van der Waals surface area (Å²) in [7, 11) is 0. The maximum absolute atomic E-state index is 12.3. The third-order valence-electron chi connectivity index (χ3n) is 4.26. The van der Waals surface area contributed by atoms with E-state index in [-0.39, 0.29) is 11.9 Å². The fourth-order valence-electron chi connectivity index (χ4n) is 3.25. The van der Waals surface area contributed by atoms with Crippen molar-refractivity contribution in [1.82, 2.24) is 15.6 Å². The molecule has 0 radical (unpaired) electrons. The number of fused-ring (bicyclic) bond motifs is 3. The van der Waals surface area contributed by atoms with Crippen molar-refractivity contribution < 1.29 is 9.21 Å². The van der Waals surface area contributed by atoms with E-state index in [1.807, 2.05) is 0 Å². The van der Waals surface area contributed by atoms with Crippen LogP contribution in [-0.2, 0) is 0 Å². The second-order valence-corrected chi connectivity index (χ2v) is 5.92. The molecule has 20 heavy (non-hydrogen) atoms. The zero-order valence-corrected chi connectivity index (χ0v) is 11.5. The number of nitrogens with zero attached hydrogens (tertiary/aromatic N) is 1. The van der Waals surface area contributed by atoms with Crippen LogP contribution in [0.4, 0.5) is 0 Å². The molecule has 0 spiro atoms. The lowest BCUT2D eigenvalue weighted by Gasteiger charge is -2.21. The number of carbonyl (C=O) groups excluding carboxylic acids is 1. The highest BCUT2D eigenvalue weighted by Gasteiger charge is 2.39. The molecule has 2 aromatic heterocycles. The Morgan fingerprint density at radius 2 is 2.40 bits per heavy atom. The molecule has 2 unspecified atom stereocenters. The molecule has 2 aliphatic rings. The van der Waals surface area contributed by atoms with Crippen LogP contribution in [0.1, 0.15) is 29.8 Å². The second-order valence-electron chi connectivity index (χ2n) is 5.51. The predicted octanol–water partition coefficient (Wildman–Crippen LogP) is 2.10. The summed E-state index contributed by atoms with van der Waals surface area (Å²) < 4.78 is 5.22. The molecule has 0 saturated carbocycles. The van der Waals surface area contributed by atoms with Crippen LogP contribution in [0.25, 0.3) is 11.0 Å². The molecule has 0 aliphatic carbocycles. The minimum Gasteiger partial charge on any atom is -0.461 e. The van der Waals surface area contributed by atoms with Crippen molar-refractivity contribution in [2.45, 2.75) is 37.4 Å². The van der Waals surface area contributed by atoms with Crippen LogP contribution in [0, 0.1) is 0 Å². The average molecular weight is 292 g/mol. The van der Waals surface area contributed by atoms with Gasteiger partial charge in [0.1, 0.15) is 12.0 Å². The summed E-state index contributed by atoms with van der Waals surface area (Å²) in [6.07, 6.45) is 6.34. The molecule has 0 aromatic carbocycles. The molecule has 2 aromatic rings. The lowest BCUT2D eigenvalue weighted by atomic mass is 9.95. The van der Waals surface area contributed by atoms with E-state index in [4.69, 9.17) is 16.0 Å². The Balaban J connectivity index is 1.56. The monoisotopic (exact) mass is 291 g/mol. The number of amides is 1. The van der Waals surface area contributed by atoms with E-state index in [1.54, 1.807) is 6.07 Å². The molecule has 3 atom stereocenters. The van der Waals surface area contributed by atoms with Crippen LogP contribution < -0.4 is 10.6 Å². The molecule has 2 saturated heterocycles. The van der Waals surface area contributed by atoms with Crippen LogP contribution in [0.2, 0.25) is 5.02 Å². The first-order valence-corrected chi connectivity index (χ1v) is 7.18. The first kappa shape index (κ1) is 12.2. The van der Waals surface area contributed by atoms with Crippen molar-refractivity contribution in [3.8, 4) is 0 Å². The Morgan fingerprint density at radius 1 is 1.50 bits per heavy atom. The predicted molar refractivity (Wildman–Crippen MR) is 74.8 cm³/mol. The SMILES string of the molecule is O=C(N[C@@H]1CC2CCC1N2)c1cc2c(Cl)coc2cn1. The zero-order chi connectivity index (χ0) is 13.7. The summed E-state index contributed by atoms with van der Waals surface area (Å²) in [5, 5.41) is 7.78. The number of furan rings is 1. The quantitative estimate of drug-likeness (QED) is 0.889. The zero-order valence-electron chi connectivity index (χ0n) is 10.7. The first-order valence-electron chi connectivity index (χ1n) is 6.80. The molecule has 5 nitrogen and oxygen atoms in total. The van der Waals surface area contributed by atoms with E-state index in [0.717, 1.165) is 18.2 Å². The molecule has 4 rings (SSSR count). The van der Waals surface area contributed by atoms with Gasteiger partial charge in [-0.05, 0) is 25.3 Å². The normalized spacial score (nSPS) is 28.1. The molecule has 4 heterocycles. The summed E-state index contributed by atoms with van der Waals surface area (Å²) in [4.78, 5) is 16.4. The molecule has 2 aliphatic heterocycles. The number of hydrogen-bond donors (Lipinski definition) is 2. The number of hydrogen-bond acceptors (Lipinski definition) is 4. The van der Waals surface area contributed by atoms with Crippen LogP contribution in [-0.4, -0.2) is 29.0 Å². The van der Waals surface area contributed by atoms with Crippen molar-refractivity contribution in [3.05, 3.63) is 29.2 Å². The molecular formula is C14H14ClN3O2. The van der Waals surface area contributed by atoms with E-state index in [2.05, 4.69) is 15.6 Å². The molecule has 2 fully saturated rings. The second kappa shape index (κ2) is 4.46. The number of pyridine rings is 1. The lowest BCUT2D eigenvalue weighted by molar-refractivity contribution is 0.0926. The highest BCUT2D eigenvalue weighted by molar-refractivity contribution is 6.35. The highest BCUT2D eigenvalue weighted by atomic mass is 35.5. The molecule has 1 amide bonds. The molecule has 6 heteroatoms. The van der Waals surface area contributed by atoms with Crippen LogP contribution >= 0.6 is 11.6 Å². The number of nitrogens with one attached hydrogen (secondary N) is 2. The fraction of sp³-hybridized carbons (Fsp3) is 0.429. The first-order chi connectivity index (χ1) is 9.70. The number of halogens is 1. The lowest BCUT2D eigenvalue weighted by Crippen LogP contribution is -2.43. The Morgan fingerprint density at radius 3 is 3.15 bits per heavy atom. The van der Waals surface area contributed by atoms with Gasteiger partial charge in [-0.3, -0.25) is 4.79 Å². The summed E-state index contributed by atoms with van der Waals surface area (Å²) in [5.74, 6) is -0.150. The largest absolute Gasteiger partial charge is 0.461 e. The van der Waals surface area contributed by atoms with Gasteiger partial charge in [0.25, 0.3) is 5.91 Å². The van der Waals surface area contributed by atoms with Crippen molar-refractivity contribution in [3.63, 3.8) is 0 Å². The Kier molecular flexibility index (Phi) is 2.72. The maximum atomic E-state index is 12.3. The van der Waals surface area contributed by atoms with Gasteiger partial charge in [-0.25, -0.2) is 4.98 Å². The van der Waals surface area contributed by atoms with Crippen LogP contribution in [0.5, 0.6) is 0 Å². The molecule has 104 valence electrons. The van der Waals surface area contributed by atoms with Crippen molar-refractivity contribution in [2.24, 2.45) is 0 Å². The third-order valence-corrected chi connectivity index (χ3v) is 4.56. The highest BCUT2D eigenvalue weighted by Crippen LogP contribution is 2.29. The maximum Gasteiger partial charge on any atom is 0.270 e. The molecule has 2 N–H and O–H groups in total. The van der Waals surface area contributed by atoms with E-state index < -0.39 is 0 Å². The summed E-state index contributed by atoms with van der Waals surface area (Å²) in [6, 6.07) is 2.85. The van der Waals surface area contributed by atoms with Gasteiger partial charge in [-0.15, -0.1) is 0 Å². The van der Waals surface area contributed by atoms with Gasteiger partial charge in [0.05, 0.1) is 11.2 Å². The third kappa shape index (κ3) is 1.89. The standard InChI is InChI=1S/C14H14ClN3O2/c15-9-6-20-13-5-16-12(4-8(9)13)14(19)18-11-3-7-1-2-10(11)17-7/h4-7,10-11,17H,1-3H2,(H,18,19)/t7?,10?,11-/m1/s1. The van der Waals surface area contributed by atoms with Gasteiger partial charge in [0.15, 0.2) is 5.58 Å². The fourth-order valence-corrected chi connectivity index (χ4v) is 3.44. The van der Waals surface area contributed by atoms with E-state index in [1.165, 1.54) is 18.9 Å². The van der Waals surface area contributed by atoms with Gasteiger partial charge >= 0.3 is 0 Å². The van der Waals surface area contributed by atoms with Crippen molar-refractivity contribution >= 4 is 28.5 Å². The van der Waals surface area contributed by atoms with Gasteiger partial charge in [-0.2, -0.15) is 0 Å².